The minimum Gasteiger partial charge on any atom is -0.207 e. The lowest BCUT2D eigenvalue weighted by molar-refractivity contribution is 0.156. The molecule has 0 unspecified atom stereocenters. The highest BCUT2D eigenvalue weighted by Gasteiger charge is 2.32. The molecular formula is C38H45F3. The van der Waals surface area contributed by atoms with Crippen LogP contribution in [0.4, 0.5) is 13.2 Å². The molecular weight excluding hydrogens is 513 g/mol. The van der Waals surface area contributed by atoms with Gasteiger partial charge < -0.3 is 0 Å². The number of allylic oxidation sites excluding steroid dienone is 2. The van der Waals surface area contributed by atoms with E-state index in [2.05, 4.69) is 19.1 Å². The van der Waals surface area contributed by atoms with E-state index in [1.165, 1.54) is 51.4 Å². The molecule has 3 heteroatoms. The van der Waals surface area contributed by atoms with E-state index in [9.17, 15) is 8.78 Å². The predicted octanol–water partition coefficient (Wildman–Crippen LogP) is 11.8. The lowest BCUT2D eigenvalue weighted by atomic mass is 9.68. The van der Waals surface area contributed by atoms with Crippen molar-refractivity contribution in [1.82, 2.24) is 0 Å². The van der Waals surface area contributed by atoms with E-state index < -0.39 is 11.6 Å². The second-order valence-corrected chi connectivity index (χ2v) is 12.5. The molecule has 0 radical (unpaired) electrons. The molecule has 3 aromatic carbocycles. The average Bonchev–Trinajstić information content (AvgIpc) is 3.00. The fraction of sp³-hybridized carbons (Fsp3) is 0.474. The zero-order chi connectivity index (χ0) is 28.8. The van der Waals surface area contributed by atoms with E-state index in [1.807, 2.05) is 31.2 Å². The van der Waals surface area contributed by atoms with Crippen LogP contribution >= 0.6 is 0 Å². The van der Waals surface area contributed by atoms with E-state index in [0.717, 1.165) is 53.7 Å². The highest BCUT2D eigenvalue weighted by atomic mass is 19.2. The molecule has 2 aliphatic carbocycles. The van der Waals surface area contributed by atoms with Gasteiger partial charge in [-0.1, -0.05) is 86.9 Å². The van der Waals surface area contributed by atoms with Crippen molar-refractivity contribution in [3.8, 4) is 22.3 Å². The van der Waals surface area contributed by atoms with Crippen molar-refractivity contribution < 1.29 is 13.2 Å². The van der Waals surface area contributed by atoms with Gasteiger partial charge in [-0.05, 0) is 122 Å². The Kier molecular flexibility index (Phi) is 10.1. The van der Waals surface area contributed by atoms with Crippen LogP contribution in [0, 0.1) is 35.2 Å². The zero-order valence-corrected chi connectivity index (χ0v) is 24.8. The molecule has 0 saturated heterocycles. The van der Waals surface area contributed by atoms with E-state index in [4.69, 9.17) is 0 Å². The Morgan fingerprint density at radius 3 is 1.98 bits per heavy atom. The molecule has 5 rings (SSSR count). The third kappa shape index (κ3) is 6.99. The van der Waals surface area contributed by atoms with Gasteiger partial charge in [-0.25, -0.2) is 13.2 Å². The predicted molar refractivity (Wildman–Crippen MR) is 165 cm³/mol. The van der Waals surface area contributed by atoms with Gasteiger partial charge in [0.25, 0.3) is 0 Å². The second-order valence-electron chi connectivity index (χ2n) is 12.5. The summed E-state index contributed by atoms with van der Waals surface area (Å²) in [4.78, 5) is 0. The van der Waals surface area contributed by atoms with Crippen molar-refractivity contribution in [3.63, 3.8) is 0 Å². The minimum atomic E-state index is -0.804. The van der Waals surface area contributed by atoms with Gasteiger partial charge in [0.2, 0.25) is 0 Å². The summed E-state index contributed by atoms with van der Waals surface area (Å²) in [5.41, 5.74) is 3.80. The maximum absolute atomic E-state index is 15.4. The highest BCUT2D eigenvalue weighted by Crippen LogP contribution is 2.45. The average molecular weight is 559 g/mol. The van der Waals surface area contributed by atoms with Gasteiger partial charge in [0.1, 0.15) is 5.82 Å². The topological polar surface area (TPSA) is 0 Å². The minimum absolute atomic E-state index is 0.128. The van der Waals surface area contributed by atoms with Gasteiger partial charge in [-0.3, -0.25) is 0 Å². The number of aryl methyl sites for hydroxylation is 1. The molecule has 0 heterocycles. The number of hydrogen-bond acceptors (Lipinski definition) is 0. The summed E-state index contributed by atoms with van der Waals surface area (Å²) in [6.07, 6.45) is 18.4. The number of hydrogen-bond donors (Lipinski definition) is 0. The van der Waals surface area contributed by atoms with Crippen LogP contribution in [0.1, 0.15) is 102 Å². The fourth-order valence-electron chi connectivity index (χ4n) is 7.50. The van der Waals surface area contributed by atoms with Crippen LogP contribution in [0.25, 0.3) is 22.3 Å². The summed E-state index contributed by atoms with van der Waals surface area (Å²) in [5.74, 6) is 1.19. The second kappa shape index (κ2) is 13.9. The third-order valence-electron chi connectivity index (χ3n) is 9.96. The van der Waals surface area contributed by atoms with Gasteiger partial charge in [0, 0.05) is 5.56 Å². The Morgan fingerprint density at radius 1 is 0.707 bits per heavy atom. The molecule has 0 aromatic heterocycles. The fourth-order valence-corrected chi connectivity index (χ4v) is 7.50. The molecule has 0 bridgehead atoms. The van der Waals surface area contributed by atoms with E-state index in [-0.39, 0.29) is 11.4 Å². The van der Waals surface area contributed by atoms with Gasteiger partial charge >= 0.3 is 0 Å². The molecule has 0 spiro atoms. The number of rotatable bonds is 9. The van der Waals surface area contributed by atoms with E-state index >= 15 is 4.39 Å². The summed E-state index contributed by atoms with van der Waals surface area (Å²) in [5, 5.41) is 0. The third-order valence-corrected chi connectivity index (χ3v) is 9.96. The molecule has 0 aliphatic heterocycles. The van der Waals surface area contributed by atoms with Crippen molar-refractivity contribution in [1.29, 1.82) is 0 Å². The van der Waals surface area contributed by atoms with Crippen molar-refractivity contribution in [2.24, 2.45) is 17.8 Å². The number of benzene rings is 3. The Labute approximate surface area is 245 Å². The van der Waals surface area contributed by atoms with Crippen LogP contribution in [-0.4, -0.2) is 0 Å². The van der Waals surface area contributed by atoms with Gasteiger partial charge in [0.05, 0.1) is 0 Å². The molecule has 0 nitrogen and oxygen atoms in total. The van der Waals surface area contributed by atoms with Crippen LogP contribution in [0.2, 0.25) is 0 Å². The molecule has 41 heavy (non-hydrogen) atoms. The van der Waals surface area contributed by atoms with Crippen LogP contribution in [-0.2, 0) is 6.42 Å². The first-order chi connectivity index (χ1) is 20.0. The van der Waals surface area contributed by atoms with Crippen LogP contribution < -0.4 is 0 Å². The van der Waals surface area contributed by atoms with Gasteiger partial charge in [-0.15, -0.1) is 0 Å². The van der Waals surface area contributed by atoms with Crippen LogP contribution in [0.15, 0.2) is 66.7 Å². The molecule has 0 atom stereocenters. The Balaban J connectivity index is 1.18. The molecule has 218 valence electrons. The van der Waals surface area contributed by atoms with E-state index in [1.54, 1.807) is 30.3 Å². The quantitative estimate of drug-likeness (QED) is 0.229. The molecule has 2 fully saturated rings. The normalized spacial score (nSPS) is 23.2. The summed E-state index contributed by atoms with van der Waals surface area (Å²) in [7, 11) is 0. The zero-order valence-electron chi connectivity index (χ0n) is 24.8. The van der Waals surface area contributed by atoms with Gasteiger partial charge in [0.15, 0.2) is 11.6 Å². The summed E-state index contributed by atoms with van der Waals surface area (Å²) in [6.45, 7) is 4.05. The summed E-state index contributed by atoms with van der Waals surface area (Å²) in [6, 6.07) is 16.2. The Morgan fingerprint density at radius 2 is 1.34 bits per heavy atom. The largest absolute Gasteiger partial charge is 0.207 e. The molecule has 0 amide bonds. The van der Waals surface area contributed by atoms with Crippen molar-refractivity contribution in [2.45, 2.75) is 96.8 Å². The summed E-state index contributed by atoms with van der Waals surface area (Å²) >= 11 is 0. The maximum atomic E-state index is 15.4. The Bertz CT molecular complexity index is 1310. The smallest absolute Gasteiger partial charge is 0.166 e. The van der Waals surface area contributed by atoms with Gasteiger partial charge in [-0.2, -0.15) is 0 Å². The van der Waals surface area contributed by atoms with E-state index in [0.29, 0.717) is 23.5 Å². The maximum Gasteiger partial charge on any atom is 0.166 e. The van der Waals surface area contributed by atoms with Crippen molar-refractivity contribution in [2.75, 3.05) is 0 Å². The monoisotopic (exact) mass is 558 g/mol. The number of halogens is 3. The molecule has 0 N–H and O–H groups in total. The highest BCUT2D eigenvalue weighted by molar-refractivity contribution is 5.71. The molecule has 2 saturated carbocycles. The lowest BCUT2D eigenvalue weighted by Crippen LogP contribution is -2.25. The first kappa shape index (κ1) is 29.7. The summed E-state index contributed by atoms with van der Waals surface area (Å²) < 4.78 is 44.6. The first-order valence-electron chi connectivity index (χ1n) is 16.0. The first-order valence-corrected chi connectivity index (χ1v) is 16.0. The van der Waals surface area contributed by atoms with Crippen molar-refractivity contribution in [3.05, 3.63) is 95.3 Å². The molecule has 3 aromatic rings. The molecule has 2 aliphatic rings. The van der Waals surface area contributed by atoms with Crippen LogP contribution in [0.3, 0.4) is 0 Å². The van der Waals surface area contributed by atoms with Crippen molar-refractivity contribution >= 4 is 0 Å². The SMILES string of the molecule is CC=CCCC1CCC(C2CCC(c3ccc(-c4ccc(-c5ccc(CCC)c(F)c5F)cc4)cc3F)CC2)CC1. The Hall–Kier alpha value is -2.81. The van der Waals surface area contributed by atoms with Crippen LogP contribution in [0.5, 0.6) is 0 Å². The standard InChI is InChI=1S/C38H45F3/c1-3-5-6-8-26-9-11-27(12-10-26)28-13-17-30(18-14-28)34-23-22-33(25-36(34)39)29-15-19-31(20-16-29)35-24-21-32(7-4-2)37(40)38(35)41/h3,5,15-16,19-28,30H,4,6-14,17-18H2,1-2H3. The lowest BCUT2D eigenvalue weighted by Gasteiger charge is -2.38.